The van der Waals surface area contributed by atoms with Gasteiger partial charge < -0.3 is 0 Å². The number of carbonyl (C=O) groups excluding carboxylic acids is 1. The summed E-state index contributed by atoms with van der Waals surface area (Å²) in [6.45, 7) is 11.5. The number of Topliss-reactive ketones (excluding diaryl/α,β-unsaturated/α-hetero) is 1. The molecule has 0 radical (unpaired) electrons. The lowest BCUT2D eigenvalue weighted by molar-refractivity contribution is 0.0767. The molecule has 0 spiro atoms. The van der Waals surface area contributed by atoms with Crippen LogP contribution in [0.4, 0.5) is 0 Å². The fourth-order valence-corrected chi connectivity index (χ4v) is 3.11. The van der Waals surface area contributed by atoms with E-state index in [1.165, 1.54) is 11.3 Å². The van der Waals surface area contributed by atoms with Gasteiger partial charge in [-0.25, -0.2) is 0 Å². The molecule has 1 atom stereocenters. The normalized spacial score (nSPS) is 13.6. The van der Waals surface area contributed by atoms with Gasteiger partial charge in [-0.05, 0) is 38.8 Å². The molecule has 0 bridgehead atoms. The third-order valence-corrected chi connectivity index (χ3v) is 4.18. The van der Waals surface area contributed by atoms with Crippen molar-refractivity contribution >= 4 is 28.7 Å². The average Bonchev–Trinajstić information content (AvgIpc) is 2.70. The number of carbonyl (C=O) groups is 1. The molecule has 102 valence electrons. The van der Waals surface area contributed by atoms with Gasteiger partial charge in [0.15, 0.2) is 5.78 Å². The van der Waals surface area contributed by atoms with Crippen LogP contribution in [0.25, 0.3) is 0 Å². The van der Waals surface area contributed by atoms with E-state index < -0.39 is 0 Å². The molecule has 2 nitrogen and oxygen atoms in total. The van der Waals surface area contributed by atoms with Crippen molar-refractivity contribution in [2.45, 2.75) is 46.7 Å². The number of halogens is 1. The lowest BCUT2D eigenvalue weighted by Gasteiger charge is -2.33. The van der Waals surface area contributed by atoms with Crippen molar-refractivity contribution in [2.75, 3.05) is 6.54 Å². The first-order valence-electron chi connectivity index (χ1n) is 6.38. The smallest absolute Gasteiger partial charge is 0.189 e. The molecule has 1 rings (SSSR count). The lowest BCUT2D eigenvalue weighted by Crippen LogP contribution is -2.45. The fraction of sp³-hybridized carbons (Fsp3) is 0.643. The Labute approximate surface area is 119 Å². The molecule has 1 heterocycles. The Balaban J connectivity index is 2.82. The summed E-state index contributed by atoms with van der Waals surface area (Å²) in [6.07, 6.45) is 0. The summed E-state index contributed by atoms with van der Waals surface area (Å²) in [5.41, 5.74) is 0. The van der Waals surface area contributed by atoms with Crippen molar-refractivity contribution in [1.29, 1.82) is 0 Å². The number of thiophene rings is 1. The second-order valence-corrected chi connectivity index (χ2v) is 7.04. The molecule has 0 aliphatic heterocycles. The molecule has 1 aromatic heterocycles. The second kappa shape index (κ2) is 6.69. The molecular weight excluding hydrogens is 266 g/mol. The first kappa shape index (κ1) is 15.7. The largest absolute Gasteiger partial charge is 0.291 e. The van der Waals surface area contributed by atoms with Gasteiger partial charge in [0.25, 0.3) is 0 Å². The van der Waals surface area contributed by atoms with E-state index in [9.17, 15) is 4.79 Å². The Hall–Kier alpha value is -0.380. The predicted octanol–water partition coefficient (Wildman–Crippen LogP) is 4.34. The van der Waals surface area contributed by atoms with Gasteiger partial charge in [-0.15, -0.1) is 11.3 Å². The molecule has 0 aliphatic rings. The lowest BCUT2D eigenvalue weighted by atomic mass is 10.1. The highest BCUT2D eigenvalue weighted by molar-refractivity contribution is 7.18. The minimum atomic E-state index is -0.0953. The Morgan fingerprint density at radius 3 is 2.28 bits per heavy atom. The van der Waals surface area contributed by atoms with Crippen molar-refractivity contribution in [3.8, 4) is 0 Å². The Morgan fingerprint density at radius 2 is 1.89 bits per heavy atom. The monoisotopic (exact) mass is 287 g/mol. The summed E-state index contributed by atoms with van der Waals surface area (Å²) in [4.78, 5) is 15.4. The van der Waals surface area contributed by atoms with Crippen molar-refractivity contribution in [3.05, 3.63) is 21.3 Å². The highest BCUT2D eigenvalue weighted by Crippen LogP contribution is 2.24. The van der Waals surface area contributed by atoms with E-state index in [2.05, 4.69) is 32.6 Å². The maximum atomic E-state index is 12.4. The maximum Gasteiger partial charge on any atom is 0.189 e. The highest BCUT2D eigenvalue weighted by Gasteiger charge is 2.25. The molecule has 1 aromatic rings. The van der Waals surface area contributed by atoms with Gasteiger partial charge in [0, 0.05) is 12.6 Å². The summed E-state index contributed by atoms with van der Waals surface area (Å²) in [5.74, 6) is 0.718. The van der Waals surface area contributed by atoms with Crippen LogP contribution in [0.15, 0.2) is 12.1 Å². The minimum absolute atomic E-state index is 0.0953. The predicted molar refractivity (Wildman–Crippen MR) is 79.8 cm³/mol. The van der Waals surface area contributed by atoms with E-state index in [4.69, 9.17) is 11.6 Å². The van der Waals surface area contributed by atoms with Crippen LogP contribution in [0.1, 0.15) is 44.3 Å². The Bertz CT molecular complexity index is 400. The molecule has 0 aromatic carbocycles. The highest BCUT2D eigenvalue weighted by atomic mass is 35.5. The first-order chi connectivity index (χ1) is 8.32. The molecule has 18 heavy (non-hydrogen) atoms. The number of hydrogen-bond acceptors (Lipinski definition) is 3. The summed E-state index contributed by atoms with van der Waals surface area (Å²) < 4.78 is 0.672. The molecule has 0 fully saturated rings. The molecule has 0 amide bonds. The van der Waals surface area contributed by atoms with E-state index >= 15 is 0 Å². The topological polar surface area (TPSA) is 20.3 Å². The van der Waals surface area contributed by atoms with Gasteiger partial charge in [-0.2, -0.15) is 0 Å². The average molecular weight is 288 g/mol. The number of nitrogens with zero attached hydrogens (tertiary/aromatic N) is 1. The zero-order valence-corrected chi connectivity index (χ0v) is 13.3. The molecular formula is C14H22ClNOS. The zero-order chi connectivity index (χ0) is 13.9. The van der Waals surface area contributed by atoms with Crippen molar-refractivity contribution in [1.82, 2.24) is 4.90 Å². The molecule has 0 aliphatic carbocycles. The van der Waals surface area contributed by atoms with Crippen LogP contribution in [-0.4, -0.2) is 29.3 Å². The summed E-state index contributed by atoms with van der Waals surface area (Å²) in [5, 5.41) is 0. The van der Waals surface area contributed by atoms with E-state index in [0.29, 0.717) is 16.3 Å². The van der Waals surface area contributed by atoms with Crippen LogP contribution in [-0.2, 0) is 0 Å². The van der Waals surface area contributed by atoms with Crippen LogP contribution in [0, 0.1) is 5.92 Å². The van der Waals surface area contributed by atoms with Crippen LogP contribution in [0.5, 0.6) is 0 Å². The maximum absolute atomic E-state index is 12.4. The van der Waals surface area contributed by atoms with Crippen LogP contribution < -0.4 is 0 Å². The van der Waals surface area contributed by atoms with E-state index in [1.54, 1.807) is 6.07 Å². The van der Waals surface area contributed by atoms with Crippen LogP contribution in [0.3, 0.4) is 0 Å². The van der Waals surface area contributed by atoms with Crippen LogP contribution >= 0.6 is 22.9 Å². The van der Waals surface area contributed by atoms with Gasteiger partial charge >= 0.3 is 0 Å². The molecule has 4 heteroatoms. The van der Waals surface area contributed by atoms with Crippen molar-refractivity contribution < 1.29 is 4.79 Å². The molecule has 0 saturated heterocycles. The van der Waals surface area contributed by atoms with E-state index in [0.717, 1.165) is 11.4 Å². The summed E-state index contributed by atoms with van der Waals surface area (Å²) >= 11 is 7.25. The second-order valence-electron chi connectivity index (χ2n) is 5.33. The first-order valence-corrected chi connectivity index (χ1v) is 7.57. The third-order valence-electron chi connectivity index (χ3n) is 2.93. The Morgan fingerprint density at radius 1 is 1.28 bits per heavy atom. The van der Waals surface area contributed by atoms with Gasteiger partial charge in [-0.3, -0.25) is 9.69 Å². The third kappa shape index (κ3) is 4.08. The minimum Gasteiger partial charge on any atom is -0.291 e. The fourth-order valence-electron chi connectivity index (χ4n) is 2.04. The standard InChI is InChI=1S/C14H22ClNOS/c1-9(2)8-16(10(3)4)11(5)14(17)12-6-7-13(15)18-12/h6-7,9-11H,8H2,1-5H3. The summed E-state index contributed by atoms with van der Waals surface area (Å²) in [6, 6.07) is 3.87. The molecule has 0 N–H and O–H groups in total. The van der Waals surface area contributed by atoms with E-state index in [-0.39, 0.29) is 11.8 Å². The quantitative estimate of drug-likeness (QED) is 0.726. The number of ketones is 1. The van der Waals surface area contributed by atoms with Gasteiger partial charge in [0.05, 0.1) is 15.3 Å². The van der Waals surface area contributed by atoms with Crippen LogP contribution in [0.2, 0.25) is 4.34 Å². The SMILES string of the molecule is CC(C)CN(C(C)C)C(C)C(=O)c1ccc(Cl)s1. The van der Waals surface area contributed by atoms with Gasteiger partial charge in [0.2, 0.25) is 0 Å². The van der Waals surface area contributed by atoms with Gasteiger partial charge in [0.1, 0.15) is 0 Å². The van der Waals surface area contributed by atoms with Crippen molar-refractivity contribution in [2.24, 2.45) is 5.92 Å². The van der Waals surface area contributed by atoms with Gasteiger partial charge in [-0.1, -0.05) is 25.4 Å². The number of hydrogen-bond donors (Lipinski definition) is 0. The number of rotatable bonds is 6. The van der Waals surface area contributed by atoms with E-state index in [1.807, 2.05) is 13.0 Å². The molecule has 1 unspecified atom stereocenters. The Kier molecular flexibility index (Phi) is 5.83. The molecule has 0 saturated carbocycles. The van der Waals surface area contributed by atoms with Crippen molar-refractivity contribution in [3.63, 3.8) is 0 Å². The zero-order valence-electron chi connectivity index (χ0n) is 11.7. The summed E-state index contributed by atoms with van der Waals surface area (Å²) in [7, 11) is 0.